The topological polar surface area (TPSA) is 43.2 Å². The van der Waals surface area contributed by atoms with Gasteiger partial charge in [-0.2, -0.15) is 5.10 Å². The Bertz CT molecular complexity index is 1050. The van der Waals surface area contributed by atoms with Gasteiger partial charge in [0.1, 0.15) is 36.6 Å². The fourth-order valence-corrected chi connectivity index (χ4v) is 3.69. The zero-order chi connectivity index (χ0) is 19.6. The van der Waals surface area contributed by atoms with Gasteiger partial charge in [-0.25, -0.2) is 18.4 Å². The number of rotatable bonds is 4. The van der Waals surface area contributed by atoms with E-state index in [2.05, 4.69) is 19.9 Å². The number of hydrogen-bond donors (Lipinski definition) is 0. The lowest BCUT2D eigenvalue weighted by molar-refractivity contribution is -0.0116. The summed E-state index contributed by atoms with van der Waals surface area (Å²) in [6.07, 6.45) is 2.96. The monoisotopic (exact) mass is 492 g/mol. The molecule has 8 heteroatoms. The Hall–Kier alpha value is -2.51. The average Bonchev–Trinajstić information content (AvgIpc) is 3.33. The number of benzene rings is 2. The quantitative estimate of drug-likeness (QED) is 0.412. The van der Waals surface area contributed by atoms with Crippen molar-refractivity contribution in [3.05, 3.63) is 77.9 Å². The molecule has 4 rings (SSSR count). The van der Waals surface area contributed by atoms with Crippen molar-refractivity contribution in [2.24, 2.45) is 0 Å². The highest BCUT2D eigenvalue weighted by Crippen LogP contribution is 2.37. The molecular weight excluding hydrogens is 477 g/mol. The third-order valence-corrected chi connectivity index (χ3v) is 4.92. The van der Waals surface area contributed by atoms with E-state index in [0.717, 1.165) is 17.3 Å². The van der Waals surface area contributed by atoms with Crippen LogP contribution in [0.1, 0.15) is 11.1 Å². The van der Waals surface area contributed by atoms with Crippen molar-refractivity contribution in [3.8, 4) is 9.85 Å². The molecule has 0 radical (unpaired) electrons. The normalized spacial score (nSPS) is 18.8. The molecule has 0 spiro atoms. The summed E-state index contributed by atoms with van der Waals surface area (Å²) in [5.74, 6) is 1.75. The van der Waals surface area contributed by atoms with Crippen LogP contribution in [0, 0.1) is 21.5 Å². The van der Waals surface area contributed by atoms with E-state index in [0.29, 0.717) is 6.54 Å². The van der Waals surface area contributed by atoms with Gasteiger partial charge >= 0.3 is 0 Å². The Morgan fingerprint density at radius 2 is 2.11 bits per heavy atom. The van der Waals surface area contributed by atoms with Gasteiger partial charge < -0.3 is 9.64 Å². The summed E-state index contributed by atoms with van der Waals surface area (Å²) in [6.45, 7) is 0.877. The first-order valence-electron chi connectivity index (χ1n) is 8.48. The number of halogens is 3. The molecule has 5 nitrogen and oxygen atoms in total. The molecule has 0 saturated carbocycles. The number of ether oxygens (including phenoxy) is 1. The fourth-order valence-electron chi connectivity index (χ4n) is 3.38. The third-order valence-electron chi connectivity index (χ3n) is 4.65. The van der Waals surface area contributed by atoms with Gasteiger partial charge in [0.2, 0.25) is 0 Å². The molecular formula is C20H15F2IN4O. The summed E-state index contributed by atoms with van der Waals surface area (Å²) in [6, 6.07) is 11.3. The summed E-state index contributed by atoms with van der Waals surface area (Å²) in [5, 5.41) is 4.13. The summed E-state index contributed by atoms with van der Waals surface area (Å²) < 4.78 is 38.7. The zero-order valence-electron chi connectivity index (χ0n) is 14.6. The van der Waals surface area contributed by atoms with Gasteiger partial charge in [0.25, 0.3) is 0 Å². The second-order valence-corrected chi connectivity index (χ2v) is 6.99. The lowest BCUT2D eigenvalue weighted by atomic mass is 9.92. The van der Waals surface area contributed by atoms with Crippen molar-refractivity contribution in [2.45, 2.75) is 12.1 Å². The van der Waals surface area contributed by atoms with Crippen molar-refractivity contribution < 1.29 is 13.5 Å². The average molecular weight is 492 g/mol. The van der Waals surface area contributed by atoms with Crippen molar-refractivity contribution >= 4 is 28.3 Å². The van der Waals surface area contributed by atoms with Gasteiger partial charge in [0.15, 0.2) is 0 Å². The minimum Gasteiger partial charge on any atom is -0.346 e. The SMILES string of the molecule is Fc1ccc(C2(Cn3cncn3)CN(c3cccc(C#CI)c3)CO2)c(F)c1. The van der Waals surface area contributed by atoms with Crippen molar-refractivity contribution in [1.82, 2.24) is 14.8 Å². The minimum atomic E-state index is -1.03. The maximum Gasteiger partial charge on any atom is 0.137 e. The molecule has 1 atom stereocenters. The van der Waals surface area contributed by atoms with E-state index in [1.54, 1.807) is 11.0 Å². The second-order valence-electron chi connectivity index (χ2n) is 6.45. The Morgan fingerprint density at radius 3 is 2.86 bits per heavy atom. The Kier molecular flexibility index (Phi) is 5.28. The first-order chi connectivity index (χ1) is 13.6. The molecule has 0 bridgehead atoms. The van der Waals surface area contributed by atoms with E-state index in [1.165, 1.54) is 18.5 Å². The van der Waals surface area contributed by atoms with Crippen LogP contribution in [0.15, 0.2) is 55.1 Å². The van der Waals surface area contributed by atoms with Crippen LogP contribution in [0.2, 0.25) is 0 Å². The van der Waals surface area contributed by atoms with Gasteiger partial charge in [0.05, 0.1) is 13.1 Å². The molecule has 2 aromatic carbocycles. The molecule has 28 heavy (non-hydrogen) atoms. The second kappa shape index (κ2) is 7.85. The summed E-state index contributed by atoms with van der Waals surface area (Å²) >= 11 is 1.99. The molecule has 1 saturated heterocycles. The van der Waals surface area contributed by atoms with Crippen LogP contribution in [0.25, 0.3) is 0 Å². The van der Waals surface area contributed by atoms with Gasteiger partial charge in [-0.05, 0) is 28.2 Å². The Labute approximate surface area is 174 Å². The van der Waals surface area contributed by atoms with E-state index in [1.807, 2.05) is 51.8 Å². The van der Waals surface area contributed by atoms with E-state index in [4.69, 9.17) is 4.74 Å². The molecule has 0 N–H and O–H groups in total. The number of nitrogens with zero attached hydrogens (tertiary/aromatic N) is 4. The lowest BCUT2D eigenvalue weighted by Crippen LogP contribution is -2.37. The number of hydrogen-bond acceptors (Lipinski definition) is 4. The summed E-state index contributed by atoms with van der Waals surface area (Å²) in [7, 11) is 0. The molecule has 1 aliphatic rings. The molecule has 0 amide bonds. The van der Waals surface area contributed by atoms with Crippen LogP contribution in [-0.4, -0.2) is 28.0 Å². The molecule has 1 unspecified atom stereocenters. The van der Waals surface area contributed by atoms with Gasteiger partial charge in [-0.3, -0.25) is 0 Å². The highest BCUT2D eigenvalue weighted by atomic mass is 127. The van der Waals surface area contributed by atoms with E-state index in [-0.39, 0.29) is 18.8 Å². The lowest BCUT2D eigenvalue weighted by Gasteiger charge is -2.29. The minimum absolute atomic E-state index is 0.249. The molecule has 2 heterocycles. The molecule has 1 aromatic heterocycles. The molecule has 142 valence electrons. The maximum atomic E-state index is 14.7. The Balaban J connectivity index is 1.71. The van der Waals surface area contributed by atoms with Crippen LogP contribution < -0.4 is 4.90 Å². The molecule has 0 aliphatic carbocycles. The smallest absolute Gasteiger partial charge is 0.137 e. The van der Waals surface area contributed by atoms with Gasteiger partial charge in [-0.1, -0.05) is 18.1 Å². The van der Waals surface area contributed by atoms with Crippen molar-refractivity contribution in [3.63, 3.8) is 0 Å². The third kappa shape index (κ3) is 3.72. The zero-order valence-corrected chi connectivity index (χ0v) is 16.8. The van der Waals surface area contributed by atoms with Crippen molar-refractivity contribution in [2.75, 3.05) is 18.2 Å². The summed E-state index contributed by atoms with van der Waals surface area (Å²) in [5.41, 5.74) is 1.06. The predicted octanol–water partition coefficient (Wildman–Crippen LogP) is 3.69. The molecule has 1 aliphatic heterocycles. The number of anilines is 1. The van der Waals surface area contributed by atoms with E-state index < -0.39 is 17.2 Å². The fraction of sp³-hybridized carbons (Fsp3) is 0.200. The Morgan fingerprint density at radius 1 is 1.21 bits per heavy atom. The highest BCUT2D eigenvalue weighted by Gasteiger charge is 2.44. The standard InChI is InChI=1S/C20H15F2IN4O/c21-16-4-5-18(19(22)9-16)20(11-27-13-24-12-25-27)10-26(14-28-20)17-3-1-2-15(8-17)6-7-23/h1-5,8-9,12-13H,10-11,14H2. The van der Waals surface area contributed by atoms with Crippen LogP contribution in [0.3, 0.4) is 0 Å². The van der Waals surface area contributed by atoms with E-state index in [9.17, 15) is 8.78 Å². The van der Waals surface area contributed by atoms with E-state index >= 15 is 0 Å². The first kappa shape index (κ1) is 18.8. The molecule has 3 aromatic rings. The summed E-state index contributed by atoms with van der Waals surface area (Å²) in [4.78, 5) is 5.95. The van der Waals surface area contributed by atoms with Crippen LogP contribution in [0.4, 0.5) is 14.5 Å². The van der Waals surface area contributed by atoms with Crippen molar-refractivity contribution in [1.29, 1.82) is 0 Å². The predicted molar refractivity (Wildman–Crippen MR) is 109 cm³/mol. The van der Waals surface area contributed by atoms with Crippen LogP contribution in [-0.2, 0) is 16.9 Å². The maximum absolute atomic E-state index is 14.7. The van der Waals surface area contributed by atoms with Crippen LogP contribution >= 0.6 is 22.6 Å². The highest BCUT2D eigenvalue weighted by molar-refractivity contribution is 14.1. The molecule has 1 fully saturated rings. The van der Waals surface area contributed by atoms with Gasteiger partial charge in [-0.15, -0.1) is 0 Å². The number of aromatic nitrogens is 3. The van der Waals surface area contributed by atoms with Gasteiger partial charge in [0, 0.05) is 45.5 Å². The first-order valence-corrected chi connectivity index (χ1v) is 9.56. The largest absolute Gasteiger partial charge is 0.346 e. The van der Waals surface area contributed by atoms with Crippen LogP contribution in [0.5, 0.6) is 0 Å².